The SMILES string of the molecule is COc1ccc(C(CC(O)c2ccc(C)cc2)Nc2ccc([N+](=O)[O-])cc2)cc1OC. The summed E-state index contributed by atoms with van der Waals surface area (Å²) >= 11 is 0. The van der Waals surface area contributed by atoms with E-state index in [9.17, 15) is 15.2 Å². The predicted octanol–water partition coefficient (Wildman–Crippen LogP) is 5.20. The van der Waals surface area contributed by atoms with Crippen LogP contribution < -0.4 is 14.8 Å². The number of nitro benzene ring substituents is 1. The van der Waals surface area contributed by atoms with Gasteiger partial charge in [0, 0.05) is 24.2 Å². The van der Waals surface area contributed by atoms with Gasteiger partial charge in [0.25, 0.3) is 5.69 Å². The molecule has 2 atom stereocenters. The minimum atomic E-state index is -0.704. The maximum atomic E-state index is 10.9. The molecule has 0 aliphatic heterocycles. The van der Waals surface area contributed by atoms with E-state index in [0.29, 0.717) is 23.6 Å². The number of aryl methyl sites for hydroxylation is 1. The fourth-order valence-corrected chi connectivity index (χ4v) is 3.38. The summed E-state index contributed by atoms with van der Waals surface area (Å²) in [5.74, 6) is 1.19. The highest BCUT2D eigenvalue weighted by Gasteiger charge is 2.20. The molecular weight excluding hydrogens is 396 g/mol. The van der Waals surface area contributed by atoms with E-state index < -0.39 is 11.0 Å². The second-order valence-electron chi connectivity index (χ2n) is 7.28. The highest BCUT2D eigenvalue weighted by Crippen LogP contribution is 2.35. The molecule has 162 valence electrons. The summed E-state index contributed by atoms with van der Waals surface area (Å²) in [4.78, 5) is 10.5. The smallest absolute Gasteiger partial charge is 0.269 e. The Kier molecular flexibility index (Phi) is 7.10. The fourth-order valence-electron chi connectivity index (χ4n) is 3.38. The molecule has 31 heavy (non-hydrogen) atoms. The molecule has 0 aromatic heterocycles. The summed E-state index contributed by atoms with van der Waals surface area (Å²) in [7, 11) is 3.15. The predicted molar refractivity (Wildman–Crippen MR) is 120 cm³/mol. The van der Waals surface area contributed by atoms with Gasteiger partial charge in [-0.3, -0.25) is 10.1 Å². The molecule has 7 heteroatoms. The number of aliphatic hydroxyl groups is 1. The van der Waals surface area contributed by atoms with E-state index in [1.165, 1.54) is 12.1 Å². The summed E-state index contributed by atoms with van der Waals surface area (Å²) < 4.78 is 10.8. The van der Waals surface area contributed by atoms with E-state index in [4.69, 9.17) is 9.47 Å². The molecule has 3 aromatic rings. The largest absolute Gasteiger partial charge is 0.493 e. The van der Waals surface area contributed by atoms with Crippen molar-refractivity contribution in [2.75, 3.05) is 19.5 Å². The van der Waals surface area contributed by atoms with Crippen LogP contribution in [0.1, 0.15) is 35.3 Å². The number of hydrogen-bond acceptors (Lipinski definition) is 6. The van der Waals surface area contributed by atoms with Crippen LogP contribution in [0.2, 0.25) is 0 Å². The van der Waals surface area contributed by atoms with E-state index in [2.05, 4.69) is 5.32 Å². The Morgan fingerprint density at radius 1 is 0.935 bits per heavy atom. The first-order chi connectivity index (χ1) is 14.9. The third kappa shape index (κ3) is 5.52. The number of ether oxygens (including phenoxy) is 2. The van der Waals surface area contributed by atoms with Gasteiger partial charge < -0.3 is 19.9 Å². The molecule has 0 radical (unpaired) electrons. The number of aliphatic hydroxyl groups excluding tert-OH is 1. The number of nitro groups is 1. The van der Waals surface area contributed by atoms with Crippen molar-refractivity contribution >= 4 is 11.4 Å². The lowest BCUT2D eigenvalue weighted by atomic mass is 9.95. The molecule has 7 nitrogen and oxygen atoms in total. The first kappa shape index (κ1) is 22.1. The highest BCUT2D eigenvalue weighted by molar-refractivity contribution is 5.52. The van der Waals surface area contributed by atoms with Crippen LogP contribution in [0.4, 0.5) is 11.4 Å². The lowest BCUT2D eigenvalue weighted by Crippen LogP contribution is -2.15. The van der Waals surface area contributed by atoms with Crippen molar-refractivity contribution in [1.82, 2.24) is 0 Å². The summed E-state index contributed by atoms with van der Waals surface area (Å²) in [6, 6.07) is 19.3. The molecule has 0 amide bonds. The van der Waals surface area contributed by atoms with Gasteiger partial charge in [-0.15, -0.1) is 0 Å². The number of hydrogen-bond donors (Lipinski definition) is 2. The number of methoxy groups -OCH3 is 2. The van der Waals surface area contributed by atoms with E-state index in [0.717, 1.165) is 16.7 Å². The number of benzene rings is 3. The second-order valence-corrected chi connectivity index (χ2v) is 7.28. The average Bonchev–Trinajstić information content (AvgIpc) is 2.78. The van der Waals surface area contributed by atoms with E-state index in [-0.39, 0.29) is 11.7 Å². The standard InChI is InChI=1S/C24H26N2O5/c1-16-4-6-17(7-5-16)22(27)15-21(18-8-13-23(30-2)24(14-18)31-3)25-19-9-11-20(12-10-19)26(28)29/h4-14,21-22,25,27H,15H2,1-3H3. The molecule has 3 rings (SSSR count). The van der Waals surface area contributed by atoms with Crippen molar-refractivity contribution in [1.29, 1.82) is 0 Å². The van der Waals surface area contributed by atoms with Crippen LogP contribution in [0.3, 0.4) is 0 Å². The summed E-state index contributed by atoms with van der Waals surface area (Å²) in [5, 5.41) is 25.2. The third-order valence-corrected chi connectivity index (χ3v) is 5.15. The molecule has 0 aliphatic carbocycles. The zero-order chi connectivity index (χ0) is 22.4. The normalized spacial score (nSPS) is 12.6. The van der Waals surface area contributed by atoms with Crippen LogP contribution in [0.15, 0.2) is 66.7 Å². The zero-order valence-corrected chi connectivity index (χ0v) is 17.7. The van der Waals surface area contributed by atoms with Crippen molar-refractivity contribution < 1.29 is 19.5 Å². The summed E-state index contributed by atoms with van der Waals surface area (Å²) in [5.41, 5.74) is 3.56. The Balaban J connectivity index is 1.90. The van der Waals surface area contributed by atoms with Crippen molar-refractivity contribution in [2.24, 2.45) is 0 Å². The monoisotopic (exact) mass is 422 g/mol. The van der Waals surface area contributed by atoms with E-state index in [1.54, 1.807) is 26.4 Å². The molecule has 0 spiro atoms. The number of anilines is 1. The molecule has 0 saturated carbocycles. The zero-order valence-electron chi connectivity index (χ0n) is 17.7. The van der Waals surface area contributed by atoms with Gasteiger partial charge in [0.15, 0.2) is 11.5 Å². The maximum absolute atomic E-state index is 10.9. The molecule has 0 fully saturated rings. The van der Waals surface area contributed by atoms with Gasteiger partial charge in [0.1, 0.15) is 0 Å². The Bertz CT molecular complexity index is 1020. The van der Waals surface area contributed by atoms with Crippen LogP contribution in [-0.2, 0) is 0 Å². The van der Waals surface area contributed by atoms with Crippen molar-refractivity contribution in [2.45, 2.75) is 25.5 Å². The molecule has 0 aliphatic rings. The van der Waals surface area contributed by atoms with Crippen molar-refractivity contribution in [3.63, 3.8) is 0 Å². The lowest BCUT2D eigenvalue weighted by molar-refractivity contribution is -0.384. The highest BCUT2D eigenvalue weighted by atomic mass is 16.6. The van der Waals surface area contributed by atoms with E-state index in [1.807, 2.05) is 49.4 Å². The number of nitrogens with zero attached hydrogens (tertiary/aromatic N) is 1. The molecule has 3 aromatic carbocycles. The molecule has 0 saturated heterocycles. The second kappa shape index (κ2) is 9.95. The van der Waals surface area contributed by atoms with Gasteiger partial charge in [-0.25, -0.2) is 0 Å². The number of rotatable bonds is 9. The number of nitrogens with one attached hydrogen (secondary N) is 1. The summed E-state index contributed by atoms with van der Waals surface area (Å²) in [6.45, 7) is 2.00. The molecular formula is C24H26N2O5. The quantitative estimate of drug-likeness (QED) is 0.364. The van der Waals surface area contributed by atoms with Crippen LogP contribution in [0.5, 0.6) is 11.5 Å². The average molecular weight is 422 g/mol. The van der Waals surface area contributed by atoms with Crippen LogP contribution in [0.25, 0.3) is 0 Å². The van der Waals surface area contributed by atoms with Crippen LogP contribution in [0, 0.1) is 17.0 Å². The Morgan fingerprint density at radius 3 is 2.13 bits per heavy atom. The molecule has 2 unspecified atom stereocenters. The first-order valence-electron chi connectivity index (χ1n) is 9.88. The molecule has 0 bridgehead atoms. The van der Waals surface area contributed by atoms with Crippen LogP contribution >= 0.6 is 0 Å². The van der Waals surface area contributed by atoms with Gasteiger partial charge in [-0.2, -0.15) is 0 Å². The minimum Gasteiger partial charge on any atom is -0.493 e. The maximum Gasteiger partial charge on any atom is 0.269 e. The molecule has 0 heterocycles. The van der Waals surface area contributed by atoms with Gasteiger partial charge in [0.05, 0.1) is 31.3 Å². The van der Waals surface area contributed by atoms with Gasteiger partial charge in [-0.05, 0) is 42.3 Å². The Morgan fingerprint density at radius 2 is 1.55 bits per heavy atom. The topological polar surface area (TPSA) is 93.9 Å². The third-order valence-electron chi connectivity index (χ3n) is 5.15. The van der Waals surface area contributed by atoms with Gasteiger partial charge >= 0.3 is 0 Å². The Labute approximate surface area is 181 Å². The Hall–Kier alpha value is -3.58. The molecule has 2 N–H and O–H groups in total. The minimum absolute atomic E-state index is 0.0212. The van der Waals surface area contributed by atoms with Gasteiger partial charge in [0.2, 0.25) is 0 Å². The van der Waals surface area contributed by atoms with Crippen molar-refractivity contribution in [3.05, 3.63) is 93.5 Å². The number of non-ortho nitro benzene ring substituents is 1. The van der Waals surface area contributed by atoms with E-state index >= 15 is 0 Å². The van der Waals surface area contributed by atoms with Gasteiger partial charge in [-0.1, -0.05) is 35.9 Å². The van der Waals surface area contributed by atoms with Crippen molar-refractivity contribution in [3.8, 4) is 11.5 Å². The van der Waals surface area contributed by atoms with Crippen LogP contribution in [-0.4, -0.2) is 24.2 Å². The summed E-state index contributed by atoms with van der Waals surface area (Å²) in [6.07, 6.45) is -0.320. The lowest BCUT2D eigenvalue weighted by Gasteiger charge is -2.24. The fraction of sp³-hybridized carbons (Fsp3) is 0.250. The first-order valence-corrected chi connectivity index (χ1v) is 9.88.